The zero-order valence-electron chi connectivity index (χ0n) is 13.5. The lowest BCUT2D eigenvalue weighted by Crippen LogP contribution is -2.29. The molecule has 7 nitrogen and oxygen atoms in total. The van der Waals surface area contributed by atoms with Crippen molar-refractivity contribution < 1.29 is 4.79 Å². The number of hydrogen-bond acceptors (Lipinski definition) is 6. The number of nitrogens with one attached hydrogen (secondary N) is 1. The molecular formula is C15H22N6OS. The summed E-state index contributed by atoms with van der Waals surface area (Å²) in [5, 5.41) is 12.5. The van der Waals surface area contributed by atoms with Gasteiger partial charge in [0.15, 0.2) is 5.69 Å². The summed E-state index contributed by atoms with van der Waals surface area (Å²) in [6, 6.07) is 0.335. The summed E-state index contributed by atoms with van der Waals surface area (Å²) in [7, 11) is 1.78. The van der Waals surface area contributed by atoms with Gasteiger partial charge in [-0.1, -0.05) is 12.1 Å². The Morgan fingerprint density at radius 1 is 1.48 bits per heavy atom. The van der Waals surface area contributed by atoms with Crippen LogP contribution in [0.3, 0.4) is 0 Å². The number of thiazole rings is 1. The first kappa shape index (κ1) is 16.1. The third-order valence-corrected chi connectivity index (χ3v) is 5.21. The summed E-state index contributed by atoms with van der Waals surface area (Å²) < 4.78 is 1.83. The molecule has 23 heavy (non-hydrogen) atoms. The first-order valence-electron chi connectivity index (χ1n) is 7.99. The number of carbonyl (C=O) groups excluding carboxylic acids is 1. The molecule has 0 spiro atoms. The quantitative estimate of drug-likeness (QED) is 0.897. The largest absolute Gasteiger partial charge is 0.333 e. The Morgan fingerprint density at radius 2 is 2.26 bits per heavy atom. The molecule has 0 unspecified atom stereocenters. The maximum absolute atomic E-state index is 12.5. The Labute approximate surface area is 139 Å². The van der Waals surface area contributed by atoms with Crippen molar-refractivity contribution in [2.45, 2.75) is 38.8 Å². The van der Waals surface area contributed by atoms with Crippen LogP contribution in [-0.2, 0) is 13.0 Å². The molecule has 0 aromatic carbocycles. The van der Waals surface area contributed by atoms with Crippen molar-refractivity contribution >= 4 is 17.2 Å². The molecule has 1 amide bonds. The molecule has 1 fully saturated rings. The second-order valence-corrected chi connectivity index (χ2v) is 7.00. The fraction of sp³-hybridized carbons (Fsp3) is 0.600. The summed E-state index contributed by atoms with van der Waals surface area (Å²) in [5.41, 5.74) is 0.401. The minimum atomic E-state index is -0.113. The molecule has 8 heteroatoms. The summed E-state index contributed by atoms with van der Waals surface area (Å²) >= 11 is 1.65. The molecule has 2 aromatic rings. The van der Waals surface area contributed by atoms with Gasteiger partial charge in [0, 0.05) is 18.1 Å². The lowest BCUT2D eigenvalue weighted by molar-refractivity contribution is 0.0779. The van der Waals surface area contributed by atoms with Gasteiger partial charge < -0.3 is 10.2 Å². The van der Waals surface area contributed by atoms with Gasteiger partial charge in [0.2, 0.25) is 0 Å². The molecule has 2 aromatic heterocycles. The molecule has 1 aliphatic heterocycles. The zero-order chi connectivity index (χ0) is 16.2. The number of aryl methyl sites for hydroxylation is 1. The van der Waals surface area contributed by atoms with E-state index in [2.05, 4.69) is 27.5 Å². The van der Waals surface area contributed by atoms with Gasteiger partial charge in [-0.25, -0.2) is 9.67 Å². The van der Waals surface area contributed by atoms with E-state index in [0.29, 0.717) is 18.3 Å². The van der Waals surface area contributed by atoms with Gasteiger partial charge in [-0.05, 0) is 32.4 Å². The topological polar surface area (TPSA) is 75.9 Å². The van der Waals surface area contributed by atoms with E-state index in [1.54, 1.807) is 29.5 Å². The number of carbonyl (C=O) groups is 1. The third-order valence-electron chi connectivity index (χ3n) is 4.08. The highest BCUT2D eigenvalue weighted by atomic mass is 32.1. The van der Waals surface area contributed by atoms with Gasteiger partial charge >= 0.3 is 0 Å². The zero-order valence-corrected chi connectivity index (χ0v) is 14.3. The van der Waals surface area contributed by atoms with E-state index in [4.69, 9.17) is 0 Å². The highest BCUT2D eigenvalue weighted by Gasteiger charge is 2.21. The summed E-state index contributed by atoms with van der Waals surface area (Å²) in [5.74, 6) is -0.113. The van der Waals surface area contributed by atoms with Crippen molar-refractivity contribution in [1.82, 2.24) is 30.2 Å². The normalized spacial score (nSPS) is 15.7. The minimum Gasteiger partial charge on any atom is -0.333 e. The Morgan fingerprint density at radius 3 is 2.96 bits per heavy atom. The first-order valence-corrected chi connectivity index (χ1v) is 8.80. The van der Waals surface area contributed by atoms with Crippen LogP contribution in [0, 0.1) is 0 Å². The number of amides is 1. The van der Waals surface area contributed by atoms with Crippen LogP contribution in [0.1, 0.15) is 46.2 Å². The Balaban J connectivity index is 1.63. The van der Waals surface area contributed by atoms with Crippen LogP contribution in [0.2, 0.25) is 0 Å². The molecule has 0 atom stereocenters. The number of nitrogens with zero attached hydrogens (tertiary/aromatic N) is 5. The van der Waals surface area contributed by atoms with Crippen molar-refractivity contribution in [1.29, 1.82) is 0 Å². The van der Waals surface area contributed by atoms with E-state index >= 15 is 0 Å². The van der Waals surface area contributed by atoms with Gasteiger partial charge in [0.25, 0.3) is 5.91 Å². The molecule has 0 aliphatic carbocycles. The molecule has 0 radical (unpaired) electrons. The minimum absolute atomic E-state index is 0.113. The number of aromatic nitrogens is 4. The third kappa shape index (κ3) is 3.76. The highest BCUT2D eigenvalue weighted by molar-refractivity contribution is 7.11. The maximum Gasteiger partial charge on any atom is 0.276 e. The monoisotopic (exact) mass is 334 g/mol. The molecule has 0 bridgehead atoms. The molecular weight excluding hydrogens is 312 g/mol. The van der Waals surface area contributed by atoms with Gasteiger partial charge in [0.1, 0.15) is 5.01 Å². The number of rotatable bonds is 5. The van der Waals surface area contributed by atoms with E-state index in [1.165, 1.54) is 4.88 Å². The van der Waals surface area contributed by atoms with E-state index in [1.807, 2.05) is 10.9 Å². The lowest BCUT2D eigenvalue weighted by Gasteiger charge is -2.22. The fourth-order valence-corrected chi connectivity index (χ4v) is 3.60. The molecule has 1 saturated heterocycles. The van der Waals surface area contributed by atoms with E-state index < -0.39 is 0 Å². The molecule has 1 N–H and O–H groups in total. The van der Waals surface area contributed by atoms with Gasteiger partial charge in [0.05, 0.1) is 18.8 Å². The molecule has 3 rings (SSSR count). The van der Waals surface area contributed by atoms with Crippen LogP contribution in [0.25, 0.3) is 0 Å². The van der Waals surface area contributed by atoms with Crippen LogP contribution in [-0.4, -0.2) is 50.9 Å². The smallest absolute Gasteiger partial charge is 0.276 e. The lowest BCUT2D eigenvalue weighted by atomic mass is 10.1. The summed E-state index contributed by atoms with van der Waals surface area (Å²) in [4.78, 5) is 19.7. The van der Waals surface area contributed by atoms with E-state index in [9.17, 15) is 4.79 Å². The summed E-state index contributed by atoms with van der Waals surface area (Å²) in [6.45, 7) is 4.57. The first-order chi connectivity index (χ1) is 11.2. The predicted octanol–water partition coefficient (Wildman–Crippen LogP) is 1.49. The van der Waals surface area contributed by atoms with E-state index in [0.717, 1.165) is 37.4 Å². The van der Waals surface area contributed by atoms with Crippen LogP contribution >= 0.6 is 11.3 Å². The Bertz CT molecular complexity index is 660. The Kier molecular flexibility index (Phi) is 5.02. The van der Waals surface area contributed by atoms with Crippen molar-refractivity contribution in [2.75, 3.05) is 20.1 Å². The van der Waals surface area contributed by atoms with Crippen LogP contribution in [0.5, 0.6) is 0 Å². The number of hydrogen-bond donors (Lipinski definition) is 1. The average Bonchev–Trinajstić information content (AvgIpc) is 3.24. The molecule has 1 aliphatic rings. The average molecular weight is 334 g/mol. The van der Waals surface area contributed by atoms with Crippen molar-refractivity contribution in [3.63, 3.8) is 0 Å². The van der Waals surface area contributed by atoms with Gasteiger partial charge in [-0.15, -0.1) is 16.4 Å². The van der Waals surface area contributed by atoms with Crippen molar-refractivity contribution in [2.24, 2.45) is 0 Å². The fourth-order valence-electron chi connectivity index (χ4n) is 2.68. The standard InChI is InChI=1S/C15H22N6OS/c1-3-12-8-17-14(23-12)10-20(2)15(22)13-9-21(19-18-13)11-4-6-16-7-5-11/h8-9,11,16H,3-7,10H2,1-2H3. The van der Waals surface area contributed by atoms with Crippen molar-refractivity contribution in [3.05, 3.63) is 28.0 Å². The van der Waals surface area contributed by atoms with Crippen LogP contribution < -0.4 is 5.32 Å². The van der Waals surface area contributed by atoms with Crippen LogP contribution in [0.4, 0.5) is 0 Å². The van der Waals surface area contributed by atoms with Gasteiger partial charge in [-0.2, -0.15) is 0 Å². The molecule has 3 heterocycles. The summed E-state index contributed by atoms with van der Waals surface area (Å²) in [6.07, 6.45) is 6.66. The second-order valence-electron chi connectivity index (χ2n) is 5.80. The second kappa shape index (κ2) is 7.18. The molecule has 124 valence electrons. The highest BCUT2D eigenvalue weighted by Crippen LogP contribution is 2.18. The molecule has 0 saturated carbocycles. The van der Waals surface area contributed by atoms with Crippen molar-refractivity contribution in [3.8, 4) is 0 Å². The maximum atomic E-state index is 12.5. The number of piperidine rings is 1. The SMILES string of the molecule is CCc1cnc(CN(C)C(=O)c2cn(C3CCNCC3)nn2)s1. The van der Waals surface area contributed by atoms with Crippen LogP contribution in [0.15, 0.2) is 12.4 Å². The Hall–Kier alpha value is -1.80. The van der Waals surface area contributed by atoms with E-state index in [-0.39, 0.29) is 5.91 Å². The predicted molar refractivity (Wildman–Crippen MR) is 88.5 cm³/mol. The van der Waals surface area contributed by atoms with Gasteiger partial charge in [-0.3, -0.25) is 4.79 Å².